The molecule has 0 aromatic carbocycles. The summed E-state index contributed by atoms with van der Waals surface area (Å²) >= 11 is 0. The van der Waals surface area contributed by atoms with Gasteiger partial charge in [-0.15, -0.1) is 0 Å². The minimum absolute atomic E-state index is 0.766. The van der Waals surface area contributed by atoms with Gasteiger partial charge in [-0.1, -0.05) is 6.08 Å². The summed E-state index contributed by atoms with van der Waals surface area (Å²) in [7, 11) is 5.26. The smallest absolute Gasteiger partial charge is 0.273 e. The summed E-state index contributed by atoms with van der Waals surface area (Å²) in [6.45, 7) is 3.32. The second kappa shape index (κ2) is 5.08. The number of morpholine rings is 1. The van der Waals surface area contributed by atoms with Crippen LogP contribution in [0.2, 0.25) is 0 Å². The van der Waals surface area contributed by atoms with E-state index in [1.54, 1.807) is 14.2 Å². The van der Waals surface area contributed by atoms with Crippen molar-refractivity contribution in [2.24, 2.45) is 0 Å². The maximum atomic E-state index is 5.48. The van der Waals surface area contributed by atoms with Gasteiger partial charge < -0.3 is 24.0 Å². The van der Waals surface area contributed by atoms with Gasteiger partial charge in [0.2, 0.25) is 0 Å². The fourth-order valence-corrected chi connectivity index (χ4v) is 2.24. The van der Waals surface area contributed by atoms with E-state index in [1.165, 1.54) is 0 Å². The minimum atomic E-state index is -0.803. The SMILES string of the molecule is COC1(OC)C=CC=C(N2CCOCC2)N1C. The zero-order valence-corrected chi connectivity index (χ0v) is 10.7. The first kappa shape index (κ1) is 12.4. The standard InChI is InChI=1S/C12H20N2O3/c1-13-11(14-7-9-17-10-8-14)5-4-6-12(13,15-2)16-3/h4-6H,7-10H2,1-3H3. The third-order valence-corrected chi connectivity index (χ3v) is 3.28. The van der Waals surface area contributed by atoms with Gasteiger partial charge in [0, 0.05) is 34.4 Å². The monoisotopic (exact) mass is 240 g/mol. The van der Waals surface area contributed by atoms with Crippen LogP contribution in [0.15, 0.2) is 24.0 Å². The van der Waals surface area contributed by atoms with Crippen molar-refractivity contribution in [1.29, 1.82) is 0 Å². The highest BCUT2D eigenvalue weighted by Crippen LogP contribution is 2.28. The van der Waals surface area contributed by atoms with Crippen LogP contribution in [-0.2, 0) is 14.2 Å². The number of hydrogen-bond acceptors (Lipinski definition) is 5. The molecule has 17 heavy (non-hydrogen) atoms. The molecule has 96 valence electrons. The second-order valence-electron chi connectivity index (χ2n) is 4.08. The van der Waals surface area contributed by atoms with Crippen molar-refractivity contribution >= 4 is 0 Å². The molecule has 0 radical (unpaired) electrons. The lowest BCUT2D eigenvalue weighted by Gasteiger charge is -2.45. The largest absolute Gasteiger partial charge is 0.378 e. The molecule has 0 aliphatic carbocycles. The quantitative estimate of drug-likeness (QED) is 0.675. The van der Waals surface area contributed by atoms with E-state index in [1.807, 2.05) is 24.1 Å². The molecule has 0 N–H and O–H groups in total. The summed E-state index contributed by atoms with van der Waals surface area (Å²) in [5.74, 6) is 0.294. The average Bonchev–Trinajstić information content (AvgIpc) is 2.40. The topological polar surface area (TPSA) is 34.2 Å². The molecule has 1 fully saturated rings. The summed E-state index contributed by atoms with van der Waals surface area (Å²) in [4.78, 5) is 4.28. The van der Waals surface area contributed by atoms with Crippen LogP contribution in [0.1, 0.15) is 0 Å². The Balaban J connectivity index is 2.17. The molecule has 2 aliphatic heterocycles. The van der Waals surface area contributed by atoms with Crippen molar-refractivity contribution in [2.75, 3.05) is 47.6 Å². The van der Waals surface area contributed by atoms with Gasteiger partial charge in [0.05, 0.1) is 13.2 Å². The molecule has 0 bridgehead atoms. The Morgan fingerprint density at radius 2 is 1.88 bits per heavy atom. The Labute approximate surface area is 102 Å². The number of allylic oxidation sites excluding steroid dienone is 2. The summed E-state index contributed by atoms with van der Waals surface area (Å²) in [6, 6.07) is 0. The fraction of sp³-hybridized carbons (Fsp3) is 0.667. The molecular weight excluding hydrogens is 220 g/mol. The van der Waals surface area contributed by atoms with Crippen molar-refractivity contribution < 1.29 is 14.2 Å². The van der Waals surface area contributed by atoms with Gasteiger partial charge in [-0.05, 0) is 12.2 Å². The zero-order chi connectivity index (χ0) is 12.3. The van der Waals surface area contributed by atoms with Crippen LogP contribution in [0.5, 0.6) is 0 Å². The lowest BCUT2D eigenvalue weighted by atomic mass is 10.2. The molecule has 2 heterocycles. The Morgan fingerprint density at radius 3 is 2.47 bits per heavy atom. The predicted molar refractivity (Wildman–Crippen MR) is 64.1 cm³/mol. The molecule has 5 heteroatoms. The van der Waals surface area contributed by atoms with E-state index in [2.05, 4.69) is 11.0 Å². The van der Waals surface area contributed by atoms with Crippen molar-refractivity contribution in [3.63, 3.8) is 0 Å². The van der Waals surface area contributed by atoms with Gasteiger partial charge in [0.25, 0.3) is 5.91 Å². The van der Waals surface area contributed by atoms with Crippen LogP contribution < -0.4 is 0 Å². The van der Waals surface area contributed by atoms with Crippen LogP contribution in [0, 0.1) is 0 Å². The highest BCUT2D eigenvalue weighted by atomic mass is 16.7. The maximum absolute atomic E-state index is 5.48. The van der Waals surface area contributed by atoms with Gasteiger partial charge in [-0.25, -0.2) is 0 Å². The Bertz CT molecular complexity index is 318. The first-order valence-electron chi connectivity index (χ1n) is 5.80. The molecular formula is C12H20N2O3. The number of hydrogen-bond donors (Lipinski definition) is 0. The third-order valence-electron chi connectivity index (χ3n) is 3.28. The summed E-state index contributed by atoms with van der Waals surface area (Å²) in [5.41, 5.74) is 0. The average molecular weight is 240 g/mol. The summed E-state index contributed by atoms with van der Waals surface area (Å²) < 4.78 is 16.3. The van der Waals surface area contributed by atoms with E-state index in [0.29, 0.717) is 0 Å². The lowest BCUT2D eigenvalue weighted by Crippen LogP contribution is -2.53. The molecule has 0 amide bonds. The number of rotatable bonds is 3. The van der Waals surface area contributed by atoms with Crippen molar-refractivity contribution in [2.45, 2.75) is 5.91 Å². The van der Waals surface area contributed by atoms with E-state index >= 15 is 0 Å². The number of ether oxygens (including phenoxy) is 3. The Hall–Kier alpha value is -1.04. The molecule has 0 aromatic rings. The molecule has 5 nitrogen and oxygen atoms in total. The zero-order valence-electron chi connectivity index (χ0n) is 10.7. The van der Waals surface area contributed by atoms with E-state index in [0.717, 1.165) is 32.1 Å². The summed E-state index contributed by atoms with van der Waals surface area (Å²) in [6.07, 6.45) is 5.94. The third kappa shape index (κ3) is 2.18. The van der Waals surface area contributed by atoms with Gasteiger partial charge in [0.15, 0.2) is 0 Å². The van der Waals surface area contributed by atoms with Crippen LogP contribution >= 0.6 is 0 Å². The van der Waals surface area contributed by atoms with Gasteiger partial charge in [0.1, 0.15) is 5.82 Å². The molecule has 0 aromatic heterocycles. The molecule has 0 atom stereocenters. The minimum Gasteiger partial charge on any atom is -0.378 e. The van der Waals surface area contributed by atoms with Crippen molar-refractivity contribution in [3.05, 3.63) is 24.0 Å². The highest BCUT2D eigenvalue weighted by molar-refractivity contribution is 5.21. The maximum Gasteiger partial charge on any atom is 0.273 e. The van der Waals surface area contributed by atoms with Crippen LogP contribution in [0.25, 0.3) is 0 Å². The fourth-order valence-electron chi connectivity index (χ4n) is 2.24. The number of likely N-dealkylation sites (N-methyl/N-ethyl adjacent to an activating group) is 1. The molecule has 2 rings (SSSR count). The normalized spacial score (nSPS) is 23.8. The van der Waals surface area contributed by atoms with Crippen molar-refractivity contribution in [3.8, 4) is 0 Å². The van der Waals surface area contributed by atoms with E-state index < -0.39 is 5.91 Å². The van der Waals surface area contributed by atoms with E-state index in [9.17, 15) is 0 Å². The molecule has 2 aliphatic rings. The van der Waals surface area contributed by atoms with E-state index in [4.69, 9.17) is 14.2 Å². The number of methoxy groups -OCH3 is 2. The first-order chi connectivity index (χ1) is 8.23. The predicted octanol–water partition coefficient (Wildman–Crippen LogP) is 0.608. The number of nitrogens with zero attached hydrogens (tertiary/aromatic N) is 2. The van der Waals surface area contributed by atoms with Gasteiger partial charge in [-0.2, -0.15) is 0 Å². The van der Waals surface area contributed by atoms with Crippen LogP contribution in [0.4, 0.5) is 0 Å². The molecule has 1 saturated heterocycles. The summed E-state index contributed by atoms with van der Waals surface area (Å²) in [5, 5.41) is 0. The lowest BCUT2D eigenvalue weighted by molar-refractivity contribution is -0.251. The Kier molecular flexibility index (Phi) is 3.71. The molecule has 0 unspecified atom stereocenters. The van der Waals surface area contributed by atoms with Gasteiger partial charge >= 0.3 is 0 Å². The van der Waals surface area contributed by atoms with Gasteiger partial charge in [-0.3, -0.25) is 0 Å². The Morgan fingerprint density at radius 1 is 1.24 bits per heavy atom. The van der Waals surface area contributed by atoms with E-state index in [-0.39, 0.29) is 0 Å². The first-order valence-corrected chi connectivity index (χ1v) is 5.80. The van der Waals surface area contributed by atoms with Crippen molar-refractivity contribution in [1.82, 2.24) is 9.80 Å². The van der Waals surface area contributed by atoms with Crippen LogP contribution in [0.3, 0.4) is 0 Å². The second-order valence-corrected chi connectivity index (χ2v) is 4.08. The highest BCUT2D eigenvalue weighted by Gasteiger charge is 2.37. The molecule has 0 saturated carbocycles. The van der Waals surface area contributed by atoms with Crippen LogP contribution in [-0.4, -0.2) is 63.3 Å². The molecule has 0 spiro atoms.